The van der Waals surface area contributed by atoms with Crippen molar-refractivity contribution in [1.82, 2.24) is 15.2 Å². The lowest BCUT2D eigenvalue weighted by Crippen LogP contribution is -2.23. The molecular formula is C18H13FN4O2S3. The molecule has 0 aliphatic carbocycles. The molecule has 3 aromatic heterocycles. The minimum atomic E-state index is -0.476. The van der Waals surface area contributed by atoms with Crippen molar-refractivity contribution < 1.29 is 13.6 Å². The van der Waals surface area contributed by atoms with Crippen LogP contribution in [0.2, 0.25) is 0 Å². The molecule has 0 spiro atoms. The average Bonchev–Trinajstić information content (AvgIpc) is 3.43. The molecule has 0 aliphatic rings. The maximum absolute atomic E-state index is 14.1. The number of thiophene rings is 1. The van der Waals surface area contributed by atoms with Gasteiger partial charge in [-0.2, -0.15) is 0 Å². The number of benzene rings is 1. The van der Waals surface area contributed by atoms with E-state index in [0.717, 1.165) is 10.6 Å². The molecule has 0 radical (unpaired) electrons. The highest BCUT2D eigenvalue weighted by molar-refractivity contribution is 7.98. The average molecular weight is 433 g/mol. The highest BCUT2D eigenvalue weighted by atomic mass is 32.2. The first kappa shape index (κ1) is 18.8. The maximum atomic E-state index is 14.1. The first-order chi connectivity index (χ1) is 13.6. The molecule has 0 saturated carbocycles. The first-order valence-electron chi connectivity index (χ1n) is 8.11. The lowest BCUT2D eigenvalue weighted by atomic mass is 10.3. The van der Waals surface area contributed by atoms with E-state index >= 15 is 0 Å². The summed E-state index contributed by atoms with van der Waals surface area (Å²) >= 11 is 4.16. The second-order valence-corrected chi connectivity index (χ2v) is 8.28. The van der Waals surface area contributed by atoms with Crippen molar-refractivity contribution in [2.24, 2.45) is 0 Å². The Morgan fingerprint density at radius 2 is 2.07 bits per heavy atom. The van der Waals surface area contributed by atoms with E-state index < -0.39 is 5.82 Å². The van der Waals surface area contributed by atoms with E-state index in [1.54, 1.807) is 18.2 Å². The third-order valence-electron chi connectivity index (χ3n) is 3.62. The van der Waals surface area contributed by atoms with Crippen LogP contribution in [-0.2, 0) is 10.5 Å². The van der Waals surface area contributed by atoms with Crippen LogP contribution in [0.1, 0.15) is 12.6 Å². The third kappa shape index (κ3) is 3.98. The SMILES string of the molecule is CC(=O)N(c1nc(CSc2nnc(-c3cccs3)o2)cs1)c1ccccc1F. The number of hydrogen-bond acceptors (Lipinski definition) is 8. The monoisotopic (exact) mass is 432 g/mol. The summed E-state index contributed by atoms with van der Waals surface area (Å²) in [6.07, 6.45) is 0. The molecule has 28 heavy (non-hydrogen) atoms. The Kier molecular flexibility index (Phi) is 5.51. The van der Waals surface area contributed by atoms with E-state index in [2.05, 4.69) is 15.2 Å². The quantitative estimate of drug-likeness (QED) is 0.381. The molecule has 1 amide bonds. The van der Waals surface area contributed by atoms with E-state index in [9.17, 15) is 9.18 Å². The van der Waals surface area contributed by atoms with Crippen LogP contribution in [0, 0.1) is 5.82 Å². The Morgan fingerprint density at radius 3 is 2.82 bits per heavy atom. The Labute approximate surface area is 172 Å². The molecule has 6 nitrogen and oxygen atoms in total. The van der Waals surface area contributed by atoms with E-state index in [1.165, 1.54) is 52.3 Å². The van der Waals surface area contributed by atoms with Gasteiger partial charge in [0.15, 0.2) is 5.13 Å². The van der Waals surface area contributed by atoms with Gasteiger partial charge in [-0.05, 0) is 23.6 Å². The number of anilines is 2. The molecule has 0 unspecified atom stereocenters. The predicted octanol–water partition coefficient (Wildman–Crippen LogP) is 5.37. The van der Waals surface area contributed by atoms with Crippen molar-refractivity contribution >= 4 is 51.2 Å². The molecule has 0 N–H and O–H groups in total. The number of amides is 1. The minimum absolute atomic E-state index is 0.182. The van der Waals surface area contributed by atoms with Crippen molar-refractivity contribution in [2.45, 2.75) is 17.9 Å². The van der Waals surface area contributed by atoms with Gasteiger partial charge in [-0.15, -0.1) is 32.9 Å². The van der Waals surface area contributed by atoms with Crippen molar-refractivity contribution in [1.29, 1.82) is 0 Å². The zero-order valence-electron chi connectivity index (χ0n) is 14.5. The molecule has 4 rings (SSSR count). The molecule has 1 aromatic carbocycles. The van der Waals surface area contributed by atoms with Crippen LogP contribution in [0.5, 0.6) is 0 Å². The Morgan fingerprint density at radius 1 is 1.21 bits per heavy atom. The van der Waals surface area contributed by atoms with Gasteiger partial charge < -0.3 is 4.42 Å². The van der Waals surface area contributed by atoms with E-state index in [4.69, 9.17) is 4.42 Å². The van der Waals surface area contributed by atoms with Crippen LogP contribution < -0.4 is 4.90 Å². The zero-order valence-corrected chi connectivity index (χ0v) is 17.0. The molecule has 4 aromatic rings. The number of thiazole rings is 1. The normalized spacial score (nSPS) is 10.9. The fourth-order valence-electron chi connectivity index (χ4n) is 2.41. The molecule has 10 heteroatoms. The van der Waals surface area contributed by atoms with Crippen molar-refractivity contribution in [3.8, 4) is 10.8 Å². The first-order valence-corrected chi connectivity index (χ1v) is 10.9. The van der Waals surface area contributed by atoms with Crippen LogP contribution in [0.3, 0.4) is 0 Å². The van der Waals surface area contributed by atoms with Gasteiger partial charge in [-0.25, -0.2) is 9.37 Å². The summed E-state index contributed by atoms with van der Waals surface area (Å²) in [6, 6.07) is 9.96. The smallest absolute Gasteiger partial charge is 0.277 e. The van der Waals surface area contributed by atoms with Crippen LogP contribution in [0.25, 0.3) is 10.8 Å². The number of thioether (sulfide) groups is 1. The van der Waals surface area contributed by atoms with Crippen molar-refractivity contribution in [3.63, 3.8) is 0 Å². The summed E-state index contributed by atoms with van der Waals surface area (Å²) < 4.78 is 19.8. The van der Waals surface area contributed by atoms with Crippen molar-refractivity contribution in [3.05, 3.63) is 58.7 Å². The standard InChI is InChI=1S/C18H13FN4O2S3/c1-11(24)23(14-6-3-2-5-13(14)19)17-20-12(9-27-17)10-28-18-22-21-16(25-18)15-7-4-8-26-15/h2-9H,10H2,1H3. The van der Waals surface area contributed by atoms with Crippen LogP contribution in [-0.4, -0.2) is 21.1 Å². The van der Waals surface area contributed by atoms with Gasteiger partial charge in [-0.3, -0.25) is 9.69 Å². The van der Waals surface area contributed by atoms with Crippen LogP contribution in [0.15, 0.2) is 56.8 Å². The number of rotatable bonds is 6. The number of para-hydroxylation sites is 1. The fourth-order valence-corrected chi connectivity index (χ4v) is 4.69. The largest absolute Gasteiger partial charge is 0.410 e. The summed E-state index contributed by atoms with van der Waals surface area (Å²) in [5.74, 6) is 0.191. The Balaban J connectivity index is 1.48. The van der Waals surface area contributed by atoms with Gasteiger partial charge in [0.05, 0.1) is 16.3 Å². The predicted molar refractivity (Wildman–Crippen MR) is 109 cm³/mol. The van der Waals surface area contributed by atoms with Gasteiger partial charge in [0.1, 0.15) is 5.82 Å². The zero-order chi connectivity index (χ0) is 19.5. The molecule has 0 atom stereocenters. The third-order valence-corrected chi connectivity index (χ3v) is 6.21. The van der Waals surface area contributed by atoms with Crippen molar-refractivity contribution in [2.75, 3.05) is 4.90 Å². The second-order valence-electron chi connectivity index (χ2n) is 5.57. The summed E-state index contributed by atoms with van der Waals surface area (Å²) in [7, 11) is 0. The van der Waals surface area contributed by atoms with Gasteiger partial charge in [0.2, 0.25) is 5.91 Å². The topological polar surface area (TPSA) is 72.1 Å². The molecule has 3 heterocycles. The molecule has 0 saturated heterocycles. The summed E-state index contributed by atoms with van der Waals surface area (Å²) in [5.41, 5.74) is 0.921. The number of aromatic nitrogens is 3. The highest BCUT2D eigenvalue weighted by Crippen LogP contribution is 2.33. The molecule has 0 bridgehead atoms. The van der Waals surface area contributed by atoms with Gasteiger partial charge in [0.25, 0.3) is 11.1 Å². The minimum Gasteiger partial charge on any atom is -0.410 e. The molecule has 0 fully saturated rings. The van der Waals surface area contributed by atoms with E-state index in [-0.39, 0.29) is 11.6 Å². The molecule has 0 aliphatic heterocycles. The van der Waals surface area contributed by atoms with Gasteiger partial charge in [0, 0.05) is 18.1 Å². The van der Waals surface area contributed by atoms with E-state index in [0.29, 0.717) is 22.0 Å². The maximum Gasteiger partial charge on any atom is 0.277 e. The van der Waals surface area contributed by atoms with E-state index in [1.807, 2.05) is 22.9 Å². The van der Waals surface area contributed by atoms with Gasteiger partial charge >= 0.3 is 0 Å². The number of carbonyl (C=O) groups excluding carboxylic acids is 1. The summed E-state index contributed by atoms with van der Waals surface area (Å²) in [4.78, 5) is 18.7. The van der Waals surface area contributed by atoms with Gasteiger partial charge in [-0.1, -0.05) is 30.0 Å². The van der Waals surface area contributed by atoms with Crippen LogP contribution >= 0.6 is 34.4 Å². The number of hydrogen-bond donors (Lipinski definition) is 0. The number of carbonyl (C=O) groups is 1. The fraction of sp³-hybridized carbons (Fsp3) is 0.111. The Hall–Kier alpha value is -2.56. The second kappa shape index (κ2) is 8.21. The summed E-state index contributed by atoms with van der Waals surface area (Å²) in [5, 5.41) is 12.7. The lowest BCUT2D eigenvalue weighted by molar-refractivity contribution is -0.115. The summed E-state index contributed by atoms with van der Waals surface area (Å²) in [6.45, 7) is 1.38. The highest BCUT2D eigenvalue weighted by Gasteiger charge is 2.21. The number of halogens is 1. The lowest BCUT2D eigenvalue weighted by Gasteiger charge is -2.18. The Bertz CT molecular complexity index is 1090. The van der Waals surface area contributed by atoms with Crippen LogP contribution in [0.4, 0.5) is 15.2 Å². The molecule has 142 valence electrons. The number of nitrogens with zero attached hydrogens (tertiary/aromatic N) is 4. The molecular weight excluding hydrogens is 419 g/mol.